The molecule has 0 aromatic carbocycles. The van der Waals surface area contributed by atoms with Crippen molar-refractivity contribution in [2.75, 3.05) is 19.7 Å². The molecule has 2 aromatic heterocycles. The molecule has 2 fully saturated rings. The van der Waals surface area contributed by atoms with E-state index in [1.165, 1.54) is 0 Å². The van der Waals surface area contributed by atoms with Crippen LogP contribution in [0.5, 0.6) is 0 Å². The van der Waals surface area contributed by atoms with E-state index in [2.05, 4.69) is 35.3 Å². The van der Waals surface area contributed by atoms with Crippen molar-refractivity contribution in [1.29, 1.82) is 0 Å². The highest BCUT2D eigenvalue weighted by molar-refractivity contribution is 6.76. The molecule has 1 amide bonds. The Hall–Kier alpha value is -1.48. The molecule has 0 spiro atoms. The summed E-state index contributed by atoms with van der Waals surface area (Å²) >= 11 is 0. The zero-order chi connectivity index (χ0) is 20.4. The first-order valence-corrected chi connectivity index (χ1v) is 14.6. The molecule has 0 radical (unpaired) electrons. The largest absolute Gasteiger partial charge is 0.361 e. The van der Waals surface area contributed by atoms with Gasteiger partial charge in [0.05, 0.1) is 17.5 Å². The van der Waals surface area contributed by atoms with Crippen LogP contribution in [0, 0.1) is 0 Å². The van der Waals surface area contributed by atoms with E-state index < -0.39 is 8.07 Å². The summed E-state index contributed by atoms with van der Waals surface area (Å²) in [5.74, 6) is 0.438. The smallest absolute Gasteiger partial charge is 0.255 e. The molecular weight excluding hydrogens is 418 g/mol. The lowest BCUT2D eigenvalue weighted by atomic mass is 10.1. The van der Waals surface area contributed by atoms with Crippen molar-refractivity contribution in [1.82, 2.24) is 25.2 Å². The van der Waals surface area contributed by atoms with Crippen LogP contribution in [0.15, 0.2) is 12.4 Å². The number of hydrogen-bond acceptors (Lipinski definition) is 5. The topological polar surface area (TPSA) is 81.1 Å². The number of nitrogens with zero attached hydrogens (tertiary/aromatic N) is 3. The van der Waals surface area contributed by atoms with Gasteiger partial charge in [-0.1, -0.05) is 19.6 Å². The normalized spacial score (nSPS) is 19.5. The number of ether oxygens (including phenoxy) is 1. The summed E-state index contributed by atoms with van der Waals surface area (Å²) in [5.41, 5.74) is 3.04. The third kappa shape index (κ3) is 5.81. The average molecular weight is 452 g/mol. The van der Waals surface area contributed by atoms with E-state index in [-0.39, 0.29) is 24.4 Å². The summed E-state index contributed by atoms with van der Waals surface area (Å²) < 4.78 is 7.85. The van der Waals surface area contributed by atoms with E-state index in [0.29, 0.717) is 23.7 Å². The maximum absolute atomic E-state index is 13.0. The number of aromatic nitrogens is 3. The molecule has 7 nitrogen and oxygen atoms in total. The molecule has 2 aromatic rings. The summed E-state index contributed by atoms with van der Waals surface area (Å²) in [4.78, 5) is 22.5. The fourth-order valence-electron chi connectivity index (χ4n) is 3.69. The fourth-order valence-corrected chi connectivity index (χ4v) is 4.44. The second-order valence-electron chi connectivity index (χ2n) is 9.62. The fraction of sp³-hybridized carbons (Fsp3) is 0.667. The second kappa shape index (κ2) is 9.76. The second-order valence-corrected chi connectivity index (χ2v) is 15.2. The molecule has 2 N–H and O–H groups in total. The van der Waals surface area contributed by atoms with Crippen molar-refractivity contribution in [3.8, 4) is 0 Å². The molecule has 1 saturated carbocycles. The zero-order valence-electron chi connectivity index (χ0n) is 18.2. The van der Waals surface area contributed by atoms with Crippen LogP contribution < -0.4 is 10.6 Å². The van der Waals surface area contributed by atoms with Crippen LogP contribution >= 0.6 is 12.4 Å². The van der Waals surface area contributed by atoms with Crippen LogP contribution in [0.1, 0.15) is 47.7 Å². The van der Waals surface area contributed by atoms with Crippen LogP contribution in [-0.2, 0) is 11.5 Å². The molecule has 1 unspecified atom stereocenters. The Morgan fingerprint density at radius 3 is 2.80 bits per heavy atom. The maximum Gasteiger partial charge on any atom is 0.255 e. The SMILES string of the molecule is C[Si](C)(C)CCOCn1cc(C(=O)NC2CCCNC2)c2nc(C3CC3)cnc21.Cl. The Labute approximate surface area is 185 Å². The zero-order valence-corrected chi connectivity index (χ0v) is 20.1. The minimum Gasteiger partial charge on any atom is -0.361 e. The molecule has 9 heteroatoms. The third-order valence-electron chi connectivity index (χ3n) is 5.68. The summed E-state index contributed by atoms with van der Waals surface area (Å²) in [5, 5.41) is 6.52. The molecule has 2 aliphatic rings. The first-order chi connectivity index (χ1) is 13.9. The molecule has 30 heavy (non-hydrogen) atoms. The average Bonchev–Trinajstić information content (AvgIpc) is 3.47. The van der Waals surface area contributed by atoms with E-state index in [4.69, 9.17) is 9.72 Å². The number of rotatable bonds is 8. The van der Waals surface area contributed by atoms with Gasteiger partial charge in [-0.3, -0.25) is 4.79 Å². The van der Waals surface area contributed by atoms with Gasteiger partial charge in [0.15, 0.2) is 5.65 Å². The quantitative estimate of drug-likeness (QED) is 0.474. The maximum atomic E-state index is 13.0. The highest BCUT2D eigenvalue weighted by atomic mass is 35.5. The van der Waals surface area contributed by atoms with Crippen molar-refractivity contribution in [3.63, 3.8) is 0 Å². The lowest BCUT2D eigenvalue weighted by Crippen LogP contribution is -2.45. The summed E-state index contributed by atoms with van der Waals surface area (Å²) in [6, 6.07) is 1.29. The molecule has 1 saturated heterocycles. The van der Waals surface area contributed by atoms with E-state index in [1.54, 1.807) is 0 Å². The van der Waals surface area contributed by atoms with Crippen LogP contribution in [0.2, 0.25) is 25.7 Å². The predicted octanol–water partition coefficient (Wildman–Crippen LogP) is 3.52. The lowest BCUT2D eigenvalue weighted by Gasteiger charge is -2.23. The molecule has 0 bridgehead atoms. The van der Waals surface area contributed by atoms with Crippen molar-refractivity contribution < 1.29 is 9.53 Å². The molecule has 1 aliphatic heterocycles. The standard InChI is InChI=1S/C21H33N5O2Si.ClH/c1-29(2,3)10-9-28-14-26-13-17(21(27)24-16-5-4-8-22-11-16)19-20(26)23-12-18(25-19)15-6-7-15;/h12-13,15-16,22H,4-11,14H2,1-3H3,(H,24,27);1H. The van der Waals surface area contributed by atoms with Gasteiger partial charge in [-0.2, -0.15) is 0 Å². The van der Waals surface area contributed by atoms with Gasteiger partial charge in [0, 0.05) is 39.4 Å². The lowest BCUT2D eigenvalue weighted by molar-refractivity contribution is 0.0888. The van der Waals surface area contributed by atoms with Crippen molar-refractivity contribution >= 4 is 37.6 Å². The predicted molar refractivity (Wildman–Crippen MR) is 124 cm³/mol. The Morgan fingerprint density at radius 1 is 1.33 bits per heavy atom. The van der Waals surface area contributed by atoms with E-state index in [0.717, 1.165) is 62.8 Å². The number of amides is 1. The summed E-state index contributed by atoms with van der Waals surface area (Å²) in [7, 11) is -1.13. The number of halogens is 1. The summed E-state index contributed by atoms with van der Waals surface area (Å²) in [6.07, 6.45) is 8.15. The molecule has 1 aliphatic carbocycles. The first-order valence-electron chi connectivity index (χ1n) is 10.9. The molecular formula is C21H34ClN5O2Si. The number of piperidine rings is 1. The highest BCUT2D eigenvalue weighted by Crippen LogP contribution is 2.39. The van der Waals surface area contributed by atoms with Gasteiger partial charge >= 0.3 is 0 Å². The van der Waals surface area contributed by atoms with Gasteiger partial charge in [-0.15, -0.1) is 12.4 Å². The van der Waals surface area contributed by atoms with Crippen molar-refractivity contribution in [2.45, 2.75) is 70.1 Å². The van der Waals surface area contributed by atoms with E-state index >= 15 is 0 Å². The third-order valence-corrected chi connectivity index (χ3v) is 7.39. The Bertz CT molecular complexity index is 872. The van der Waals surface area contributed by atoms with E-state index in [9.17, 15) is 4.79 Å². The van der Waals surface area contributed by atoms with Crippen LogP contribution in [0.3, 0.4) is 0 Å². The van der Waals surface area contributed by atoms with Gasteiger partial charge < -0.3 is 19.9 Å². The van der Waals surface area contributed by atoms with Crippen molar-refractivity contribution in [3.05, 3.63) is 23.7 Å². The molecule has 3 heterocycles. The molecule has 1 atom stereocenters. The minimum atomic E-state index is -1.13. The van der Waals surface area contributed by atoms with Gasteiger partial charge in [0.2, 0.25) is 0 Å². The summed E-state index contributed by atoms with van der Waals surface area (Å²) in [6.45, 7) is 10.0. The van der Waals surface area contributed by atoms with Gasteiger partial charge in [-0.25, -0.2) is 9.97 Å². The number of hydrogen-bond donors (Lipinski definition) is 2. The monoisotopic (exact) mass is 451 g/mol. The Morgan fingerprint density at radius 2 is 2.13 bits per heavy atom. The highest BCUT2D eigenvalue weighted by Gasteiger charge is 2.28. The number of fused-ring (bicyclic) bond motifs is 1. The van der Waals surface area contributed by atoms with Crippen LogP contribution in [0.4, 0.5) is 0 Å². The number of nitrogens with one attached hydrogen (secondary N) is 2. The van der Waals surface area contributed by atoms with Gasteiger partial charge in [0.25, 0.3) is 5.91 Å². The molecule has 166 valence electrons. The Balaban J connectivity index is 0.00000256. The number of carbonyl (C=O) groups excluding carboxylic acids is 1. The van der Waals surface area contributed by atoms with Gasteiger partial charge in [-0.05, 0) is 38.3 Å². The van der Waals surface area contributed by atoms with Crippen LogP contribution in [0.25, 0.3) is 11.2 Å². The molecule has 4 rings (SSSR count). The number of carbonyl (C=O) groups is 1. The van der Waals surface area contributed by atoms with Crippen molar-refractivity contribution in [2.24, 2.45) is 0 Å². The van der Waals surface area contributed by atoms with Gasteiger partial charge in [0.1, 0.15) is 12.2 Å². The minimum absolute atomic E-state index is 0. The van der Waals surface area contributed by atoms with E-state index in [1.807, 2.05) is 17.0 Å². The van der Waals surface area contributed by atoms with Crippen LogP contribution in [-0.4, -0.2) is 54.3 Å². The Kier molecular flexibility index (Phi) is 7.55. The first kappa shape index (κ1) is 23.2.